The first kappa shape index (κ1) is 16.3. The highest BCUT2D eigenvalue weighted by Crippen LogP contribution is 2.24. The van der Waals surface area contributed by atoms with E-state index in [-0.39, 0.29) is 6.04 Å². The molecule has 0 radical (unpaired) electrons. The highest BCUT2D eigenvalue weighted by Gasteiger charge is 2.19. The summed E-state index contributed by atoms with van der Waals surface area (Å²) in [5, 5.41) is 0. The van der Waals surface area contributed by atoms with Gasteiger partial charge in [0.05, 0.1) is 13.2 Å². The monoisotopic (exact) mass is 292 g/mol. The molecule has 4 heteroatoms. The van der Waals surface area contributed by atoms with Gasteiger partial charge in [-0.05, 0) is 44.0 Å². The van der Waals surface area contributed by atoms with Gasteiger partial charge in [-0.3, -0.25) is 4.90 Å². The molecule has 21 heavy (non-hydrogen) atoms. The molecule has 1 aliphatic heterocycles. The molecule has 1 heterocycles. The second-order valence-corrected chi connectivity index (χ2v) is 5.82. The van der Waals surface area contributed by atoms with E-state index in [1.165, 1.54) is 18.4 Å². The van der Waals surface area contributed by atoms with Gasteiger partial charge in [0, 0.05) is 31.3 Å². The summed E-state index contributed by atoms with van der Waals surface area (Å²) in [5.41, 5.74) is 8.35. The highest BCUT2D eigenvalue weighted by molar-refractivity contribution is 5.38. The zero-order valence-corrected chi connectivity index (χ0v) is 13.5. The van der Waals surface area contributed by atoms with Crippen LogP contribution in [0.4, 0.5) is 0 Å². The predicted octanol–water partition coefficient (Wildman–Crippen LogP) is 2.72. The molecule has 0 spiro atoms. The fourth-order valence-electron chi connectivity index (χ4n) is 2.83. The lowest BCUT2D eigenvalue weighted by atomic mass is 10.0. The zero-order valence-electron chi connectivity index (χ0n) is 13.5. The van der Waals surface area contributed by atoms with Crippen molar-refractivity contribution in [1.29, 1.82) is 0 Å². The van der Waals surface area contributed by atoms with Crippen LogP contribution in [-0.4, -0.2) is 37.8 Å². The third-order valence-corrected chi connectivity index (χ3v) is 4.16. The van der Waals surface area contributed by atoms with Crippen molar-refractivity contribution in [2.75, 3.05) is 26.8 Å². The predicted molar refractivity (Wildman–Crippen MR) is 85.5 cm³/mol. The van der Waals surface area contributed by atoms with E-state index in [0.29, 0.717) is 6.10 Å². The number of likely N-dealkylation sites (N-methyl/N-ethyl adjacent to an activating group) is 1. The van der Waals surface area contributed by atoms with Gasteiger partial charge in [-0.2, -0.15) is 0 Å². The molecule has 0 amide bonds. The molecule has 1 aliphatic rings. The fraction of sp³-hybridized carbons (Fsp3) is 0.647. The minimum Gasteiger partial charge on any atom is -0.496 e. The molecule has 0 aliphatic carbocycles. The van der Waals surface area contributed by atoms with E-state index in [1.54, 1.807) is 7.11 Å². The minimum atomic E-state index is 0.0444. The van der Waals surface area contributed by atoms with Crippen LogP contribution in [0.15, 0.2) is 18.2 Å². The van der Waals surface area contributed by atoms with Crippen LogP contribution in [0.5, 0.6) is 5.75 Å². The molecule has 0 aromatic heterocycles. The summed E-state index contributed by atoms with van der Waals surface area (Å²) >= 11 is 0. The first-order chi connectivity index (χ1) is 10.1. The summed E-state index contributed by atoms with van der Waals surface area (Å²) < 4.78 is 11.2. The van der Waals surface area contributed by atoms with Crippen molar-refractivity contribution in [3.05, 3.63) is 29.3 Å². The van der Waals surface area contributed by atoms with Crippen LogP contribution in [0.1, 0.15) is 43.9 Å². The van der Waals surface area contributed by atoms with Crippen LogP contribution >= 0.6 is 0 Å². The van der Waals surface area contributed by atoms with Gasteiger partial charge in [-0.25, -0.2) is 0 Å². The van der Waals surface area contributed by atoms with Crippen molar-refractivity contribution < 1.29 is 9.47 Å². The molecule has 2 rings (SSSR count). The molecule has 2 unspecified atom stereocenters. The number of ether oxygens (including phenoxy) is 2. The Hall–Kier alpha value is -1.10. The third-order valence-electron chi connectivity index (χ3n) is 4.16. The van der Waals surface area contributed by atoms with E-state index in [0.717, 1.165) is 37.6 Å². The van der Waals surface area contributed by atoms with Gasteiger partial charge in [-0.1, -0.05) is 13.0 Å². The Morgan fingerprint density at radius 2 is 2.29 bits per heavy atom. The van der Waals surface area contributed by atoms with E-state index < -0.39 is 0 Å². The van der Waals surface area contributed by atoms with Gasteiger partial charge in [-0.15, -0.1) is 0 Å². The Kier molecular flexibility index (Phi) is 6.03. The van der Waals surface area contributed by atoms with Crippen LogP contribution in [0.2, 0.25) is 0 Å². The number of hydrogen-bond acceptors (Lipinski definition) is 4. The van der Waals surface area contributed by atoms with Gasteiger partial charge in [0.1, 0.15) is 5.75 Å². The summed E-state index contributed by atoms with van der Waals surface area (Å²) in [4.78, 5) is 2.42. The molecule has 1 saturated heterocycles. The Labute approximate surface area is 128 Å². The van der Waals surface area contributed by atoms with Crippen LogP contribution in [-0.2, 0) is 11.3 Å². The molecule has 0 bridgehead atoms. The summed E-state index contributed by atoms with van der Waals surface area (Å²) in [6, 6.07) is 6.28. The molecule has 0 saturated carbocycles. The largest absolute Gasteiger partial charge is 0.496 e. The highest BCUT2D eigenvalue weighted by atomic mass is 16.5. The fourth-order valence-corrected chi connectivity index (χ4v) is 2.83. The van der Waals surface area contributed by atoms with Gasteiger partial charge in [0.25, 0.3) is 0 Å². The second-order valence-electron chi connectivity index (χ2n) is 5.82. The molecular formula is C17H28N2O2. The lowest BCUT2D eigenvalue weighted by molar-refractivity contribution is 0.0722. The molecule has 1 aromatic rings. The molecular weight excluding hydrogens is 264 g/mol. The summed E-state index contributed by atoms with van der Waals surface area (Å²) in [6.07, 6.45) is 2.74. The third kappa shape index (κ3) is 4.43. The quantitative estimate of drug-likeness (QED) is 0.839. The Bertz CT molecular complexity index is 442. The summed E-state index contributed by atoms with van der Waals surface area (Å²) in [7, 11) is 1.72. The zero-order chi connectivity index (χ0) is 15.2. The Morgan fingerprint density at radius 3 is 2.86 bits per heavy atom. The summed E-state index contributed by atoms with van der Waals surface area (Å²) in [5.74, 6) is 0.935. The van der Waals surface area contributed by atoms with E-state index in [1.807, 2.05) is 19.1 Å². The van der Waals surface area contributed by atoms with Crippen molar-refractivity contribution in [2.24, 2.45) is 5.73 Å². The van der Waals surface area contributed by atoms with Crippen LogP contribution in [0, 0.1) is 0 Å². The average molecular weight is 292 g/mol. The Morgan fingerprint density at radius 1 is 1.48 bits per heavy atom. The maximum Gasteiger partial charge on any atom is 0.123 e. The molecule has 2 atom stereocenters. The standard InChI is InChI=1S/C17H28N2O2/c1-4-19(12-16-6-5-9-21-16)11-15-10-14(13(2)18)7-8-17(15)20-3/h7-8,10,13,16H,4-6,9,11-12,18H2,1-3H3. The van der Waals surface area contributed by atoms with E-state index >= 15 is 0 Å². The van der Waals surface area contributed by atoms with Crippen molar-refractivity contribution in [3.63, 3.8) is 0 Å². The van der Waals surface area contributed by atoms with Crippen LogP contribution < -0.4 is 10.5 Å². The molecule has 1 aromatic carbocycles. The topological polar surface area (TPSA) is 47.7 Å². The van der Waals surface area contributed by atoms with Crippen LogP contribution in [0.25, 0.3) is 0 Å². The van der Waals surface area contributed by atoms with E-state index in [9.17, 15) is 0 Å². The van der Waals surface area contributed by atoms with E-state index in [4.69, 9.17) is 15.2 Å². The molecule has 1 fully saturated rings. The van der Waals surface area contributed by atoms with Crippen molar-refractivity contribution in [3.8, 4) is 5.75 Å². The minimum absolute atomic E-state index is 0.0444. The summed E-state index contributed by atoms with van der Waals surface area (Å²) in [6.45, 7) is 7.98. The van der Waals surface area contributed by atoms with Gasteiger partial charge in [0.15, 0.2) is 0 Å². The first-order valence-electron chi connectivity index (χ1n) is 7.90. The molecule has 2 N–H and O–H groups in total. The SMILES string of the molecule is CCN(Cc1cc(C(C)N)ccc1OC)CC1CCCO1. The Balaban J connectivity index is 2.08. The van der Waals surface area contributed by atoms with Gasteiger partial charge < -0.3 is 15.2 Å². The van der Waals surface area contributed by atoms with E-state index in [2.05, 4.69) is 17.9 Å². The molecule has 4 nitrogen and oxygen atoms in total. The lowest BCUT2D eigenvalue weighted by Gasteiger charge is -2.25. The smallest absolute Gasteiger partial charge is 0.123 e. The second kappa shape index (κ2) is 7.78. The maximum atomic E-state index is 6.00. The number of nitrogens with two attached hydrogens (primary N) is 1. The maximum absolute atomic E-state index is 6.00. The number of rotatable bonds is 7. The molecule has 118 valence electrons. The number of hydrogen-bond donors (Lipinski definition) is 1. The average Bonchev–Trinajstić information content (AvgIpc) is 2.99. The lowest BCUT2D eigenvalue weighted by Crippen LogP contribution is -2.31. The number of methoxy groups -OCH3 is 1. The normalized spacial score (nSPS) is 20.0. The van der Waals surface area contributed by atoms with Gasteiger partial charge >= 0.3 is 0 Å². The van der Waals surface area contributed by atoms with Gasteiger partial charge in [0.2, 0.25) is 0 Å². The van der Waals surface area contributed by atoms with Crippen molar-refractivity contribution in [2.45, 2.75) is 45.4 Å². The number of benzene rings is 1. The van der Waals surface area contributed by atoms with Crippen molar-refractivity contribution in [1.82, 2.24) is 4.90 Å². The van der Waals surface area contributed by atoms with Crippen LogP contribution in [0.3, 0.4) is 0 Å². The first-order valence-corrected chi connectivity index (χ1v) is 7.90. The number of nitrogens with zero attached hydrogens (tertiary/aromatic N) is 1. The van der Waals surface area contributed by atoms with Crippen molar-refractivity contribution >= 4 is 0 Å².